The fraction of sp³-hybridized carbons (Fsp3) is 0.500. The van der Waals surface area contributed by atoms with Crippen molar-refractivity contribution in [1.29, 1.82) is 5.26 Å². The van der Waals surface area contributed by atoms with Crippen LogP contribution in [0.4, 0.5) is 5.88 Å². The van der Waals surface area contributed by atoms with Crippen molar-refractivity contribution in [2.45, 2.75) is 32.5 Å². The molecule has 1 aliphatic heterocycles. The van der Waals surface area contributed by atoms with Crippen LogP contribution in [-0.4, -0.2) is 5.60 Å². The summed E-state index contributed by atoms with van der Waals surface area (Å²) >= 11 is 0. The van der Waals surface area contributed by atoms with E-state index in [1.165, 1.54) is 0 Å². The van der Waals surface area contributed by atoms with Crippen LogP contribution in [0.25, 0.3) is 0 Å². The molecule has 1 aromatic heterocycles. The predicted octanol–water partition coefficient (Wildman–Crippen LogP) is 1.58. The van der Waals surface area contributed by atoms with E-state index in [4.69, 9.17) is 20.1 Å². The van der Waals surface area contributed by atoms with E-state index in [0.29, 0.717) is 24.4 Å². The fourth-order valence-corrected chi connectivity index (χ4v) is 1.70. The van der Waals surface area contributed by atoms with Crippen LogP contribution in [0.5, 0.6) is 0 Å². The Hall–Kier alpha value is -1.47. The first-order chi connectivity index (χ1) is 6.53. The van der Waals surface area contributed by atoms with Crippen LogP contribution in [0, 0.1) is 11.3 Å². The largest absolute Gasteiger partial charge is 0.442 e. The molecule has 1 aromatic rings. The van der Waals surface area contributed by atoms with Crippen molar-refractivity contribution < 1.29 is 9.15 Å². The Balaban J connectivity index is 2.50. The molecule has 4 nitrogen and oxygen atoms in total. The van der Waals surface area contributed by atoms with Crippen LogP contribution < -0.4 is 5.73 Å². The highest BCUT2D eigenvalue weighted by atomic mass is 16.5. The maximum absolute atomic E-state index is 8.90. The van der Waals surface area contributed by atoms with E-state index in [0.717, 1.165) is 5.56 Å². The smallest absolute Gasteiger partial charge is 0.208 e. The molecule has 4 heteroatoms. The van der Waals surface area contributed by atoms with Crippen molar-refractivity contribution in [2.75, 3.05) is 5.73 Å². The maximum atomic E-state index is 8.90. The Labute approximate surface area is 82.3 Å². The normalized spacial score (nSPS) is 18.6. The number of fused-ring (bicyclic) bond motifs is 1. The number of nitrogens with two attached hydrogens (primary N) is 1. The van der Waals surface area contributed by atoms with Gasteiger partial charge in [0.2, 0.25) is 5.88 Å². The number of anilines is 1. The quantitative estimate of drug-likeness (QED) is 0.677. The lowest BCUT2D eigenvalue weighted by Crippen LogP contribution is -2.31. The number of nitrogen functional groups attached to an aromatic ring is 1. The zero-order chi connectivity index (χ0) is 10.3. The third-order valence-corrected chi connectivity index (χ3v) is 2.43. The summed E-state index contributed by atoms with van der Waals surface area (Å²) in [5, 5.41) is 8.90. The van der Waals surface area contributed by atoms with Crippen LogP contribution in [0.3, 0.4) is 0 Å². The molecule has 74 valence electrons. The minimum absolute atomic E-state index is 0.207. The molecule has 2 N–H and O–H groups in total. The highest BCUT2D eigenvalue weighted by Crippen LogP contribution is 2.34. The third kappa shape index (κ3) is 1.26. The molecule has 2 rings (SSSR count). The van der Waals surface area contributed by atoms with Gasteiger partial charge in [-0.1, -0.05) is 0 Å². The van der Waals surface area contributed by atoms with Gasteiger partial charge in [-0.2, -0.15) is 5.26 Å². The summed E-state index contributed by atoms with van der Waals surface area (Å²) in [5.41, 5.74) is 6.71. The highest BCUT2D eigenvalue weighted by molar-refractivity contribution is 5.54. The molecule has 0 atom stereocenters. The van der Waals surface area contributed by atoms with Gasteiger partial charge < -0.3 is 14.9 Å². The summed E-state index contributed by atoms with van der Waals surface area (Å²) in [6, 6.07) is 2.07. The first-order valence-corrected chi connectivity index (χ1v) is 4.47. The average molecular weight is 192 g/mol. The van der Waals surface area contributed by atoms with E-state index in [-0.39, 0.29) is 11.5 Å². The molecule has 0 spiro atoms. The number of furan rings is 1. The molecule has 0 bridgehead atoms. The van der Waals surface area contributed by atoms with Crippen LogP contribution in [0.1, 0.15) is 30.7 Å². The fourth-order valence-electron chi connectivity index (χ4n) is 1.70. The monoisotopic (exact) mass is 192 g/mol. The van der Waals surface area contributed by atoms with Gasteiger partial charge in [-0.05, 0) is 13.8 Å². The van der Waals surface area contributed by atoms with Crippen molar-refractivity contribution in [3.8, 4) is 6.07 Å². The van der Waals surface area contributed by atoms with Crippen molar-refractivity contribution >= 4 is 5.88 Å². The molecule has 0 aromatic carbocycles. The lowest BCUT2D eigenvalue weighted by atomic mass is 9.93. The van der Waals surface area contributed by atoms with Gasteiger partial charge in [0.1, 0.15) is 24.0 Å². The Morgan fingerprint density at radius 2 is 2.21 bits per heavy atom. The number of ether oxygens (including phenoxy) is 1. The first kappa shape index (κ1) is 9.10. The minimum atomic E-state index is -0.241. The van der Waals surface area contributed by atoms with E-state index in [1.54, 1.807) is 0 Å². The Morgan fingerprint density at radius 3 is 2.86 bits per heavy atom. The standard InChI is InChI=1S/C10H12N2O2/c1-10(2)3-6-7(4-11)9(12)14-8(6)5-13-10/h3,5,12H2,1-2H3. The van der Waals surface area contributed by atoms with Gasteiger partial charge in [-0.3, -0.25) is 0 Å². The van der Waals surface area contributed by atoms with Crippen molar-refractivity contribution in [1.82, 2.24) is 0 Å². The lowest BCUT2D eigenvalue weighted by molar-refractivity contribution is -0.0480. The Bertz CT molecular complexity index is 412. The summed E-state index contributed by atoms with van der Waals surface area (Å²) in [6.07, 6.45) is 0.673. The average Bonchev–Trinajstić information content (AvgIpc) is 2.39. The second-order valence-corrected chi connectivity index (χ2v) is 4.08. The summed E-state index contributed by atoms with van der Waals surface area (Å²) in [4.78, 5) is 0. The van der Waals surface area contributed by atoms with Gasteiger partial charge >= 0.3 is 0 Å². The molecule has 2 heterocycles. The number of nitriles is 1. The lowest BCUT2D eigenvalue weighted by Gasteiger charge is -2.29. The maximum Gasteiger partial charge on any atom is 0.208 e. The zero-order valence-electron chi connectivity index (χ0n) is 8.26. The summed E-state index contributed by atoms with van der Waals surface area (Å²) < 4.78 is 10.8. The molecule has 0 saturated heterocycles. The summed E-state index contributed by atoms with van der Waals surface area (Å²) in [7, 11) is 0. The zero-order valence-corrected chi connectivity index (χ0v) is 8.26. The van der Waals surface area contributed by atoms with Crippen LogP contribution in [-0.2, 0) is 17.8 Å². The van der Waals surface area contributed by atoms with Gasteiger partial charge in [0.15, 0.2) is 0 Å². The van der Waals surface area contributed by atoms with E-state index in [2.05, 4.69) is 6.07 Å². The number of rotatable bonds is 0. The Kier molecular flexibility index (Phi) is 1.79. The molecule has 0 radical (unpaired) electrons. The Morgan fingerprint density at radius 1 is 1.50 bits per heavy atom. The van der Waals surface area contributed by atoms with Crippen LogP contribution in [0.15, 0.2) is 4.42 Å². The third-order valence-electron chi connectivity index (χ3n) is 2.43. The number of hydrogen-bond donors (Lipinski definition) is 1. The molecular weight excluding hydrogens is 180 g/mol. The molecule has 0 amide bonds. The molecule has 14 heavy (non-hydrogen) atoms. The topological polar surface area (TPSA) is 72.2 Å². The number of hydrogen-bond acceptors (Lipinski definition) is 4. The second-order valence-electron chi connectivity index (χ2n) is 4.08. The molecule has 0 saturated carbocycles. The first-order valence-electron chi connectivity index (χ1n) is 4.47. The minimum Gasteiger partial charge on any atom is -0.442 e. The van der Waals surface area contributed by atoms with E-state index < -0.39 is 0 Å². The van der Waals surface area contributed by atoms with Gasteiger partial charge in [0.25, 0.3) is 0 Å². The van der Waals surface area contributed by atoms with Crippen molar-refractivity contribution in [3.05, 3.63) is 16.9 Å². The van der Waals surface area contributed by atoms with E-state index in [1.807, 2.05) is 13.8 Å². The number of nitrogens with zero attached hydrogens (tertiary/aromatic N) is 1. The van der Waals surface area contributed by atoms with Crippen LogP contribution >= 0.6 is 0 Å². The van der Waals surface area contributed by atoms with E-state index >= 15 is 0 Å². The molecule has 0 unspecified atom stereocenters. The second kappa shape index (κ2) is 2.76. The van der Waals surface area contributed by atoms with Crippen molar-refractivity contribution in [2.24, 2.45) is 0 Å². The molecule has 0 aliphatic carbocycles. The van der Waals surface area contributed by atoms with Gasteiger partial charge in [-0.15, -0.1) is 0 Å². The predicted molar refractivity (Wildman–Crippen MR) is 50.4 cm³/mol. The van der Waals surface area contributed by atoms with Gasteiger partial charge in [0, 0.05) is 12.0 Å². The SMILES string of the molecule is CC1(C)Cc2c(oc(N)c2C#N)CO1. The molecule has 0 fully saturated rings. The molecular formula is C10H12N2O2. The highest BCUT2D eigenvalue weighted by Gasteiger charge is 2.31. The van der Waals surface area contributed by atoms with E-state index in [9.17, 15) is 0 Å². The summed E-state index contributed by atoms with van der Waals surface area (Å²) in [5.74, 6) is 0.900. The van der Waals surface area contributed by atoms with Crippen molar-refractivity contribution in [3.63, 3.8) is 0 Å². The van der Waals surface area contributed by atoms with Crippen LogP contribution in [0.2, 0.25) is 0 Å². The van der Waals surface area contributed by atoms with Gasteiger partial charge in [0.05, 0.1) is 5.60 Å². The summed E-state index contributed by atoms with van der Waals surface area (Å²) in [6.45, 7) is 4.37. The molecule has 1 aliphatic rings. The van der Waals surface area contributed by atoms with Gasteiger partial charge in [-0.25, -0.2) is 0 Å².